The van der Waals surface area contributed by atoms with Gasteiger partial charge in [0.1, 0.15) is 0 Å². The van der Waals surface area contributed by atoms with Crippen LogP contribution in [0.25, 0.3) is 0 Å². The van der Waals surface area contributed by atoms with Crippen LogP contribution in [0.15, 0.2) is 0 Å². The Hall–Kier alpha value is -0.633. The van der Waals surface area contributed by atoms with E-state index >= 15 is 0 Å². The molecule has 0 saturated carbocycles. The molecule has 0 unspecified atom stereocenters. The van der Waals surface area contributed by atoms with Crippen molar-refractivity contribution in [2.75, 3.05) is 19.8 Å². The maximum atomic E-state index is 10.7. The average Bonchev–Trinajstić information content (AvgIpc) is 2.03. The third-order valence-electron chi connectivity index (χ3n) is 1.28. The Bertz CT molecular complexity index is 162. The van der Waals surface area contributed by atoms with Gasteiger partial charge < -0.3 is 19.0 Å². The topological polar surface area (TPSA) is 82.8 Å². The Balaban J connectivity index is 4.45. The molecule has 0 bridgehead atoms. The third kappa shape index (κ3) is 4.56. The molecule has 0 radical (unpaired) electrons. The second kappa shape index (κ2) is 6.77. The summed E-state index contributed by atoms with van der Waals surface area (Å²) in [6, 6.07) is -0.702. The zero-order valence-corrected chi connectivity index (χ0v) is 9.83. The highest BCUT2D eigenvalue weighted by molar-refractivity contribution is 6.60. The largest absolute Gasteiger partial charge is 0.634 e. The second-order valence-electron chi connectivity index (χ2n) is 2.34. The molecule has 0 atom stereocenters. The molecule has 2 amide bonds. The Morgan fingerprint density at radius 3 is 1.71 bits per heavy atom. The summed E-state index contributed by atoms with van der Waals surface area (Å²) in [5.74, 6) is 0. The van der Waals surface area contributed by atoms with Crippen molar-refractivity contribution in [3.63, 3.8) is 0 Å². The summed E-state index contributed by atoms with van der Waals surface area (Å²) in [5, 5.41) is 0. The monoisotopic (exact) mass is 222 g/mol. The van der Waals surface area contributed by atoms with E-state index in [2.05, 4.69) is 4.98 Å². The van der Waals surface area contributed by atoms with Crippen LogP contribution in [0.1, 0.15) is 20.8 Å². The maximum Gasteiger partial charge on any atom is 0.634 e. The number of hydrogen-bond acceptors (Lipinski definition) is 4. The van der Waals surface area contributed by atoms with Gasteiger partial charge in [0.05, 0.1) is 0 Å². The predicted octanol–water partition coefficient (Wildman–Crippen LogP) is 0.200. The zero-order valence-electron chi connectivity index (χ0n) is 8.83. The molecule has 84 valence electrons. The fraction of sp³-hybridized carbons (Fsp3) is 0.857. The molecule has 0 rings (SSSR count). The van der Waals surface area contributed by atoms with Crippen LogP contribution in [0.3, 0.4) is 0 Å². The van der Waals surface area contributed by atoms with Crippen molar-refractivity contribution in [2.45, 2.75) is 20.8 Å². The van der Waals surface area contributed by atoms with Gasteiger partial charge in [0, 0.05) is 19.8 Å². The van der Waals surface area contributed by atoms with Gasteiger partial charge in [0.25, 0.3) is 0 Å². The lowest BCUT2D eigenvalue weighted by atomic mass is 10.9. The van der Waals surface area contributed by atoms with Crippen molar-refractivity contribution in [3.8, 4) is 0 Å². The highest BCUT2D eigenvalue weighted by Crippen LogP contribution is 2.05. The Morgan fingerprint density at radius 2 is 1.50 bits per heavy atom. The summed E-state index contributed by atoms with van der Waals surface area (Å²) >= 11 is 0. The fourth-order valence-electron chi connectivity index (χ4n) is 0.954. The first-order valence-electron chi connectivity index (χ1n) is 4.59. The molecule has 0 aromatic carbocycles. The summed E-state index contributed by atoms with van der Waals surface area (Å²) < 4.78 is 15.9. The lowest BCUT2D eigenvalue weighted by molar-refractivity contribution is 0.0635. The van der Waals surface area contributed by atoms with Gasteiger partial charge in [-0.15, -0.1) is 0 Å². The molecule has 0 aliphatic heterocycles. The number of urea groups is 1. The van der Waals surface area contributed by atoms with E-state index in [1.807, 2.05) is 0 Å². The summed E-state index contributed by atoms with van der Waals surface area (Å²) in [6.07, 6.45) is 0. The molecule has 0 spiro atoms. The fourth-order valence-corrected chi connectivity index (χ4v) is 2.86. The van der Waals surface area contributed by atoms with Crippen LogP contribution in [0, 0.1) is 0 Å². The van der Waals surface area contributed by atoms with Crippen molar-refractivity contribution >= 4 is 15.0 Å². The minimum Gasteiger partial charge on any atom is -0.357 e. The number of carbonyl (C=O) groups excluding carboxylic acids is 1. The number of carbonyl (C=O) groups is 1. The van der Waals surface area contributed by atoms with Crippen molar-refractivity contribution in [1.82, 2.24) is 4.98 Å². The molecule has 3 N–H and O–H groups in total. The molecule has 7 heteroatoms. The van der Waals surface area contributed by atoms with E-state index in [1.54, 1.807) is 20.8 Å². The summed E-state index contributed by atoms with van der Waals surface area (Å²) in [7, 11) is -3.08. The van der Waals surface area contributed by atoms with Crippen LogP contribution < -0.4 is 10.7 Å². The van der Waals surface area contributed by atoms with Crippen LogP contribution in [0.5, 0.6) is 0 Å². The molecular weight excluding hydrogens is 204 g/mol. The quantitative estimate of drug-likeness (QED) is 0.603. The summed E-state index contributed by atoms with van der Waals surface area (Å²) in [4.78, 5) is 13.2. The van der Waals surface area contributed by atoms with Gasteiger partial charge in [0.15, 0.2) is 0 Å². The molecule has 0 aliphatic carbocycles. The van der Waals surface area contributed by atoms with Crippen LogP contribution >= 0.6 is 0 Å². The highest BCUT2D eigenvalue weighted by atomic mass is 28.4. The standard InChI is InChI=1S/C7H18N2O4Si/c1-4-11-14(12-5-2,13-6-3)9-7(8)10/h4-6H2,1-3H3,(H3,8,9,10). The van der Waals surface area contributed by atoms with Crippen molar-refractivity contribution in [1.29, 1.82) is 0 Å². The summed E-state index contributed by atoms with van der Waals surface area (Å²) in [6.45, 7) is 6.57. The van der Waals surface area contributed by atoms with E-state index in [1.165, 1.54) is 0 Å². The molecule has 0 aliphatic rings. The Kier molecular flexibility index (Phi) is 6.46. The van der Waals surface area contributed by atoms with Gasteiger partial charge >= 0.3 is 15.0 Å². The molecule has 0 saturated heterocycles. The lowest BCUT2D eigenvalue weighted by Gasteiger charge is -2.26. The molecule has 6 nitrogen and oxygen atoms in total. The minimum atomic E-state index is -3.08. The predicted molar refractivity (Wildman–Crippen MR) is 53.4 cm³/mol. The van der Waals surface area contributed by atoms with E-state index < -0.39 is 15.0 Å². The molecule has 0 aromatic heterocycles. The SMILES string of the molecule is CCO[Si](NC(N)=O)(OCC)OCC. The number of amides is 2. The number of hydrogen-bond donors (Lipinski definition) is 2. The van der Waals surface area contributed by atoms with E-state index in [9.17, 15) is 4.79 Å². The van der Waals surface area contributed by atoms with Crippen LogP contribution in [-0.2, 0) is 13.3 Å². The average molecular weight is 222 g/mol. The van der Waals surface area contributed by atoms with Gasteiger partial charge in [0.2, 0.25) is 0 Å². The zero-order chi connectivity index (χ0) is 11.0. The van der Waals surface area contributed by atoms with Crippen LogP contribution in [-0.4, -0.2) is 34.8 Å². The van der Waals surface area contributed by atoms with Gasteiger partial charge in [-0.1, -0.05) is 0 Å². The summed E-state index contributed by atoms with van der Waals surface area (Å²) in [5.41, 5.74) is 5.01. The smallest absolute Gasteiger partial charge is 0.357 e. The van der Waals surface area contributed by atoms with Crippen molar-refractivity contribution in [3.05, 3.63) is 0 Å². The molecule has 14 heavy (non-hydrogen) atoms. The first kappa shape index (κ1) is 13.4. The van der Waals surface area contributed by atoms with Gasteiger partial charge in [-0.2, -0.15) is 0 Å². The third-order valence-corrected chi connectivity index (χ3v) is 3.84. The van der Waals surface area contributed by atoms with E-state index in [0.29, 0.717) is 19.8 Å². The Labute approximate surface area is 85.2 Å². The van der Waals surface area contributed by atoms with Crippen LogP contribution in [0.2, 0.25) is 0 Å². The number of primary amides is 1. The Morgan fingerprint density at radius 1 is 1.14 bits per heavy atom. The molecule has 0 fully saturated rings. The van der Waals surface area contributed by atoms with E-state index in [4.69, 9.17) is 19.0 Å². The normalized spacial score (nSPS) is 11.4. The minimum absolute atomic E-state index is 0.395. The highest BCUT2D eigenvalue weighted by Gasteiger charge is 2.43. The maximum absolute atomic E-state index is 10.7. The van der Waals surface area contributed by atoms with Gasteiger partial charge in [-0.25, -0.2) is 4.79 Å². The van der Waals surface area contributed by atoms with Crippen LogP contribution in [0.4, 0.5) is 4.79 Å². The molecular formula is C7H18N2O4Si. The number of nitrogens with two attached hydrogens (primary N) is 1. The lowest BCUT2D eigenvalue weighted by Crippen LogP contribution is -2.62. The molecule has 0 heterocycles. The van der Waals surface area contributed by atoms with Gasteiger partial charge in [-0.3, -0.25) is 4.98 Å². The first-order valence-corrected chi connectivity index (χ1v) is 6.32. The first-order chi connectivity index (χ1) is 6.60. The van der Waals surface area contributed by atoms with E-state index in [0.717, 1.165) is 0 Å². The van der Waals surface area contributed by atoms with Crippen molar-refractivity contribution < 1.29 is 18.1 Å². The number of nitrogens with one attached hydrogen (secondary N) is 1. The second-order valence-corrected chi connectivity index (χ2v) is 4.57. The number of rotatable bonds is 7. The van der Waals surface area contributed by atoms with Crippen molar-refractivity contribution in [2.24, 2.45) is 5.73 Å². The molecule has 0 aromatic rings. The van der Waals surface area contributed by atoms with Gasteiger partial charge in [-0.05, 0) is 20.8 Å². The van der Waals surface area contributed by atoms with E-state index in [-0.39, 0.29) is 0 Å².